The van der Waals surface area contributed by atoms with Crippen LogP contribution in [0.5, 0.6) is 0 Å². The highest BCUT2D eigenvalue weighted by Gasteiger charge is 2.30. The van der Waals surface area contributed by atoms with Crippen LogP contribution in [0.25, 0.3) is 11.8 Å². The van der Waals surface area contributed by atoms with Crippen molar-refractivity contribution in [1.29, 1.82) is 0 Å². The van der Waals surface area contributed by atoms with Gasteiger partial charge < -0.3 is 24.7 Å². The van der Waals surface area contributed by atoms with Crippen LogP contribution in [-0.4, -0.2) is 39.7 Å². The third-order valence-electron chi connectivity index (χ3n) is 4.79. The molecule has 1 aromatic heterocycles. The van der Waals surface area contributed by atoms with Crippen LogP contribution in [-0.2, 0) is 21.4 Å². The Kier molecular flexibility index (Phi) is 5.30. The summed E-state index contributed by atoms with van der Waals surface area (Å²) in [6.45, 7) is 4.77. The molecule has 27 heavy (non-hydrogen) atoms. The molecule has 1 saturated heterocycles. The van der Waals surface area contributed by atoms with E-state index in [2.05, 4.69) is 4.98 Å². The van der Waals surface area contributed by atoms with Gasteiger partial charge in [0.1, 0.15) is 23.2 Å². The molecular weight excluding hydrogens is 344 g/mol. The van der Waals surface area contributed by atoms with Gasteiger partial charge in [0.25, 0.3) is 5.91 Å². The van der Waals surface area contributed by atoms with Gasteiger partial charge in [0.05, 0.1) is 5.35 Å². The van der Waals surface area contributed by atoms with Crippen LogP contribution >= 0.6 is 0 Å². The van der Waals surface area contributed by atoms with Crippen molar-refractivity contribution in [1.82, 2.24) is 14.5 Å². The zero-order chi connectivity index (χ0) is 19.6. The number of amides is 1. The Morgan fingerprint density at radius 3 is 2.89 bits per heavy atom. The molecule has 0 bridgehead atoms. The SMILES string of the molecule is C/C=c1\c(=C(/C)OC2=CC=C3C(=O)N(CCC=O)CC3=CC2)nc(N)n1C. The highest BCUT2D eigenvalue weighted by molar-refractivity contribution is 6.01. The summed E-state index contributed by atoms with van der Waals surface area (Å²) >= 11 is 0. The second-order valence-corrected chi connectivity index (χ2v) is 6.54. The van der Waals surface area contributed by atoms with E-state index in [1.807, 2.05) is 43.7 Å². The molecule has 142 valence electrons. The zero-order valence-electron chi connectivity index (χ0n) is 15.9. The molecule has 1 aliphatic carbocycles. The summed E-state index contributed by atoms with van der Waals surface area (Å²) in [5.74, 6) is 1.78. The van der Waals surface area contributed by atoms with Crippen LogP contribution in [0.1, 0.15) is 26.7 Å². The number of fused-ring (bicyclic) bond motifs is 1. The van der Waals surface area contributed by atoms with Crippen molar-refractivity contribution in [2.24, 2.45) is 7.05 Å². The van der Waals surface area contributed by atoms with E-state index in [0.29, 0.717) is 48.6 Å². The first kappa shape index (κ1) is 18.7. The average Bonchev–Trinajstić information content (AvgIpc) is 3.02. The number of allylic oxidation sites excluding steroid dienone is 3. The highest BCUT2D eigenvalue weighted by Crippen LogP contribution is 2.28. The standard InChI is InChI=1S/C20H24N4O3/c1-4-17-18(22-20(21)23(17)3)13(2)27-15-7-6-14-12-24(10-5-11-25)19(26)16(14)9-8-15/h4,6,8-9,11H,5,7,10,12H2,1-3H3,(H2,21,22)/b17-4+,18-13-. The molecule has 7 heteroatoms. The van der Waals surface area contributed by atoms with E-state index in [-0.39, 0.29) is 5.91 Å². The molecule has 0 atom stereocenters. The quantitative estimate of drug-likeness (QED) is 0.765. The van der Waals surface area contributed by atoms with Crippen molar-refractivity contribution in [3.05, 3.63) is 45.8 Å². The molecule has 2 aliphatic rings. The Bertz CT molecular complexity index is 995. The molecule has 3 rings (SSSR count). The molecule has 1 aromatic rings. The fraction of sp³-hybridized carbons (Fsp3) is 0.350. The first-order valence-corrected chi connectivity index (χ1v) is 8.92. The number of ether oxygens (including phenoxy) is 1. The summed E-state index contributed by atoms with van der Waals surface area (Å²) in [4.78, 5) is 29.1. The highest BCUT2D eigenvalue weighted by atomic mass is 16.5. The third kappa shape index (κ3) is 3.58. The van der Waals surface area contributed by atoms with Crippen molar-refractivity contribution in [2.75, 3.05) is 18.8 Å². The lowest BCUT2D eigenvalue weighted by Crippen LogP contribution is -2.30. The van der Waals surface area contributed by atoms with Crippen LogP contribution in [0.3, 0.4) is 0 Å². The molecule has 2 N–H and O–H groups in total. The lowest BCUT2D eigenvalue weighted by Gasteiger charge is -2.12. The Morgan fingerprint density at radius 1 is 1.41 bits per heavy atom. The summed E-state index contributed by atoms with van der Waals surface area (Å²) in [5, 5.41) is 1.60. The monoisotopic (exact) mass is 368 g/mol. The summed E-state index contributed by atoms with van der Waals surface area (Å²) in [7, 11) is 1.86. The maximum absolute atomic E-state index is 12.5. The van der Waals surface area contributed by atoms with Gasteiger partial charge in [-0.25, -0.2) is 4.98 Å². The lowest BCUT2D eigenvalue weighted by atomic mass is 10.1. The number of aromatic nitrogens is 2. The second kappa shape index (κ2) is 7.65. The van der Waals surface area contributed by atoms with E-state index < -0.39 is 0 Å². The van der Waals surface area contributed by atoms with Crippen LogP contribution in [0.2, 0.25) is 0 Å². The van der Waals surface area contributed by atoms with Crippen LogP contribution < -0.4 is 16.4 Å². The van der Waals surface area contributed by atoms with E-state index in [9.17, 15) is 9.59 Å². The van der Waals surface area contributed by atoms with Gasteiger partial charge in [-0.2, -0.15) is 0 Å². The summed E-state index contributed by atoms with van der Waals surface area (Å²) in [5.41, 5.74) is 7.55. The van der Waals surface area contributed by atoms with Crippen LogP contribution in [0.15, 0.2) is 35.1 Å². The predicted molar refractivity (Wildman–Crippen MR) is 103 cm³/mol. The molecule has 1 aliphatic heterocycles. The molecule has 1 amide bonds. The molecule has 7 nitrogen and oxygen atoms in total. The van der Waals surface area contributed by atoms with Crippen molar-refractivity contribution in [3.63, 3.8) is 0 Å². The smallest absolute Gasteiger partial charge is 0.254 e. The number of nitrogen functional groups attached to an aromatic ring is 1. The largest absolute Gasteiger partial charge is 0.464 e. The number of hydrogen-bond acceptors (Lipinski definition) is 5. The first-order chi connectivity index (χ1) is 13.0. The molecule has 0 saturated carbocycles. The number of nitrogens with zero attached hydrogens (tertiary/aromatic N) is 3. The number of nitrogens with two attached hydrogens (primary N) is 1. The van der Waals surface area contributed by atoms with Gasteiger partial charge in [-0.05, 0) is 31.6 Å². The number of aldehydes is 1. The summed E-state index contributed by atoms with van der Waals surface area (Å²) < 4.78 is 7.84. The van der Waals surface area contributed by atoms with Gasteiger partial charge >= 0.3 is 0 Å². The number of hydrogen-bond donors (Lipinski definition) is 1. The van der Waals surface area contributed by atoms with Crippen LogP contribution in [0, 0.1) is 0 Å². The number of likely N-dealkylation sites (tertiary alicyclic amines) is 1. The summed E-state index contributed by atoms with van der Waals surface area (Å²) in [6.07, 6.45) is 9.34. The fourth-order valence-corrected chi connectivity index (χ4v) is 3.32. The predicted octanol–water partition coefficient (Wildman–Crippen LogP) is 0.519. The molecule has 0 aromatic carbocycles. The van der Waals surface area contributed by atoms with E-state index in [1.54, 1.807) is 11.0 Å². The van der Waals surface area contributed by atoms with E-state index >= 15 is 0 Å². The first-order valence-electron chi connectivity index (χ1n) is 8.92. The minimum absolute atomic E-state index is 0.0401. The maximum atomic E-state index is 12.5. The van der Waals surface area contributed by atoms with Crippen molar-refractivity contribution in [2.45, 2.75) is 26.7 Å². The number of imidazole rings is 1. The normalized spacial score (nSPS) is 18.5. The fourth-order valence-electron chi connectivity index (χ4n) is 3.32. The van der Waals surface area contributed by atoms with Gasteiger partial charge in [-0.15, -0.1) is 0 Å². The van der Waals surface area contributed by atoms with E-state index in [1.165, 1.54) is 0 Å². The second-order valence-electron chi connectivity index (χ2n) is 6.54. The third-order valence-corrected chi connectivity index (χ3v) is 4.79. The van der Waals surface area contributed by atoms with E-state index in [4.69, 9.17) is 10.5 Å². The number of carbonyl (C=O) groups excluding carboxylic acids is 2. The number of rotatable bonds is 5. The molecule has 0 unspecified atom stereocenters. The van der Waals surface area contributed by atoms with Gasteiger partial charge in [0.15, 0.2) is 0 Å². The molecule has 2 heterocycles. The Hall–Kier alpha value is -3.09. The Balaban J connectivity index is 1.86. The van der Waals surface area contributed by atoms with Crippen molar-refractivity contribution in [3.8, 4) is 0 Å². The minimum atomic E-state index is -0.0401. The zero-order valence-corrected chi connectivity index (χ0v) is 15.9. The summed E-state index contributed by atoms with van der Waals surface area (Å²) in [6, 6.07) is 0. The minimum Gasteiger partial charge on any atom is -0.464 e. The van der Waals surface area contributed by atoms with E-state index in [0.717, 1.165) is 23.0 Å². The Labute approximate surface area is 157 Å². The van der Waals surface area contributed by atoms with Crippen molar-refractivity contribution >= 4 is 30.0 Å². The van der Waals surface area contributed by atoms with Gasteiger partial charge in [-0.3, -0.25) is 4.79 Å². The van der Waals surface area contributed by atoms with Crippen LogP contribution in [0.4, 0.5) is 5.95 Å². The van der Waals surface area contributed by atoms with Gasteiger partial charge in [0, 0.05) is 38.6 Å². The van der Waals surface area contributed by atoms with Gasteiger partial charge in [-0.1, -0.05) is 12.2 Å². The molecular formula is C20H24N4O3. The topological polar surface area (TPSA) is 90.4 Å². The maximum Gasteiger partial charge on any atom is 0.254 e. The number of anilines is 1. The molecule has 1 fully saturated rings. The Morgan fingerprint density at radius 2 is 2.19 bits per heavy atom. The average molecular weight is 368 g/mol. The van der Waals surface area contributed by atoms with Crippen molar-refractivity contribution < 1.29 is 14.3 Å². The molecule has 0 radical (unpaired) electrons. The number of carbonyl (C=O) groups is 2. The molecule has 0 spiro atoms. The van der Waals surface area contributed by atoms with Gasteiger partial charge in [0.2, 0.25) is 5.95 Å². The lowest BCUT2D eigenvalue weighted by molar-refractivity contribution is -0.125.